The minimum atomic E-state index is -1.85. The third-order valence-corrected chi connectivity index (χ3v) is 7.35. The number of aromatic nitrogens is 7. The van der Waals surface area contributed by atoms with E-state index in [4.69, 9.17) is 4.74 Å². The van der Waals surface area contributed by atoms with Crippen molar-refractivity contribution in [1.82, 2.24) is 39.9 Å². The monoisotopic (exact) mass is 539 g/mol. The number of anilines is 1. The Kier molecular flexibility index (Phi) is 7.79. The average molecular weight is 540 g/mol. The number of hydrogen-bond donors (Lipinski definition) is 1. The lowest BCUT2D eigenvalue weighted by atomic mass is 9.86. The van der Waals surface area contributed by atoms with Gasteiger partial charge in [0.05, 0.1) is 19.7 Å². The van der Waals surface area contributed by atoms with Crippen molar-refractivity contribution < 1.29 is 18.6 Å². The van der Waals surface area contributed by atoms with Gasteiger partial charge in [-0.1, -0.05) is 6.07 Å². The molecule has 1 saturated heterocycles. The van der Waals surface area contributed by atoms with Crippen LogP contribution in [0.3, 0.4) is 0 Å². The number of benzene rings is 2. The van der Waals surface area contributed by atoms with Gasteiger partial charge in [-0.25, -0.2) is 23.1 Å². The van der Waals surface area contributed by atoms with E-state index in [1.807, 2.05) is 12.1 Å². The number of nitrogens with zero attached hydrogens (tertiary/aromatic N) is 9. The highest BCUT2D eigenvalue weighted by molar-refractivity contribution is 5.49. The minimum Gasteiger partial charge on any atom is -0.497 e. The van der Waals surface area contributed by atoms with E-state index in [-0.39, 0.29) is 12.1 Å². The first-order chi connectivity index (χ1) is 18.9. The lowest BCUT2D eigenvalue weighted by Gasteiger charge is -2.36. The van der Waals surface area contributed by atoms with Gasteiger partial charge in [-0.2, -0.15) is 5.10 Å². The molecule has 4 aromatic rings. The van der Waals surface area contributed by atoms with Crippen LogP contribution < -0.4 is 9.64 Å². The molecular weight excluding hydrogens is 508 g/mol. The van der Waals surface area contributed by atoms with Crippen LogP contribution in [-0.2, 0) is 18.6 Å². The summed E-state index contributed by atoms with van der Waals surface area (Å²) < 4.78 is 36.8. The number of rotatable bonds is 10. The molecular formula is C26H31F2N9O2. The Morgan fingerprint density at radius 2 is 1.85 bits per heavy atom. The van der Waals surface area contributed by atoms with Gasteiger partial charge in [-0.3, -0.25) is 4.90 Å². The summed E-state index contributed by atoms with van der Waals surface area (Å²) >= 11 is 0. The molecule has 1 aliphatic heterocycles. The molecule has 0 aliphatic carbocycles. The number of ether oxygens (including phenoxy) is 1. The van der Waals surface area contributed by atoms with Gasteiger partial charge in [0.25, 0.3) is 0 Å². The van der Waals surface area contributed by atoms with E-state index in [1.165, 1.54) is 28.1 Å². The number of tetrazole rings is 1. The van der Waals surface area contributed by atoms with Crippen LogP contribution in [0.25, 0.3) is 0 Å². The van der Waals surface area contributed by atoms with Gasteiger partial charge in [0.15, 0.2) is 5.82 Å². The molecule has 2 atom stereocenters. The zero-order valence-corrected chi connectivity index (χ0v) is 21.9. The van der Waals surface area contributed by atoms with Gasteiger partial charge in [0, 0.05) is 56.5 Å². The third-order valence-electron chi connectivity index (χ3n) is 7.35. The zero-order chi connectivity index (χ0) is 27.4. The molecule has 2 aromatic carbocycles. The summed E-state index contributed by atoms with van der Waals surface area (Å²) in [5.41, 5.74) is -0.768. The molecule has 0 spiro atoms. The second kappa shape index (κ2) is 11.4. The minimum absolute atomic E-state index is 0.0806. The lowest BCUT2D eigenvalue weighted by Crippen LogP contribution is -2.47. The maximum atomic E-state index is 14.9. The van der Waals surface area contributed by atoms with E-state index in [1.54, 1.807) is 14.0 Å². The van der Waals surface area contributed by atoms with Gasteiger partial charge in [-0.05, 0) is 47.7 Å². The van der Waals surface area contributed by atoms with Crippen LogP contribution in [0, 0.1) is 11.6 Å². The first-order valence-corrected chi connectivity index (χ1v) is 12.8. The summed E-state index contributed by atoms with van der Waals surface area (Å²) in [5.74, 6) is -0.213. The summed E-state index contributed by atoms with van der Waals surface area (Å²) in [6.07, 6.45) is 3.28. The van der Waals surface area contributed by atoms with Crippen molar-refractivity contribution in [3.05, 3.63) is 78.1 Å². The van der Waals surface area contributed by atoms with Crippen LogP contribution in [-0.4, -0.2) is 84.8 Å². The molecule has 1 N–H and O–H groups in total. The Balaban J connectivity index is 1.28. The van der Waals surface area contributed by atoms with E-state index >= 15 is 0 Å². The normalized spacial score (nSPS) is 16.7. The number of hydrogen-bond acceptors (Lipinski definition) is 9. The van der Waals surface area contributed by atoms with Crippen LogP contribution in [0.2, 0.25) is 0 Å². The quantitative estimate of drug-likeness (QED) is 0.324. The Hall–Kier alpha value is -3.97. The zero-order valence-electron chi connectivity index (χ0n) is 21.9. The number of piperazine rings is 1. The largest absolute Gasteiger partial charge is 0.497 e. The highest BCUT2D eigenvalue weighted by Crippen LogP contribution is 2.36. The van der Waals surface area contributed by atoms with E-state index in [0.29, 0.717) is 12.2 Å². The molecule has 5 rings (SSSR count). The van der Waals surface area contributed by atoms with Gasteiger partial charge in [0.1, 0.15) is 35.6 Å². The molecule has 0 saturated carbocycles. The second-order valence-electron chi connectivity index (χ2n) is 9.63. The van der Waals surface area contributed by atoms with Crippen molar-refractivity contribution in [2.75, 3.05) is 44.7 Å². The fourth-order valence-corrected chi connectivity index (χ4v) is 5.01. The molecule has 1 fully saturated rings. The van der Waals surface area contributed by atoms with Crippen molar-refractivity contribution in [1.29, 1.82) is 0 Å². The molecule has 13 heteroatoms. The maximum absolute atomic E-state index is 14.9. The second-order valence-corrected chi connectivity index (χ2v) is 9.63. The van der Waals surface area contributed by atoms with Crippen LogP contribution in [0.4, 0.5) is 14.5 Å². The third kappa shape index (κ3) is 5.73. The first kappa shape index (κ1) is 26.6. The standard InChI is InChI=1S/C26H31F2N9O2/c1-19(26(38,16-36-18-29-17-30-36)23-8-3-20(27)15-24(23)28)37-25(31-32-33-37)9-10-34-11-13-35(14-12-34)21-4-6-22(39-2)7-5-21/h3-8,15,17-19,38H,9-14,16H2,1-2H3/t19-,26+/m0/s1. The summed E-state index contributed by atoms with van der Waals surface area (Å²) in [4.78, 5) is 8.59. The Labute approximate surface area is 224 Å². The molecule has 2 aromatic heterocycles. The van der Waals surface area contributed by atoms with Crippen LogP contribution in [0.15, 0.2) is 55.1 Å². The molecule has 3 heterocycles. The molecule has 39 heavy (non-hydrogen) atoms. The first-order valence-electron chi connectivity index (χ1n) is 12.8. The molecule has 0 radical (unpaired) electrons. The number of aliphatic hydroxyl groups is 1. The predicted molar refractivity (Wildman–Crippen MR) is 138 cm³/mol. The number of methoxy groups -OCH3 is 1. The van der Waals surface area contributed by atoms with Crippen molar-refractivity contribution in [2.45, 2.75) is 31.5 Å². The fraction of sp³-hybridized carbons (Fsp3) is 0.423. The van der Waals surface area contributed by atoms with Gasteiger partial charge >= 0.3 is 0 Å². The summed E-state index contributed by atoms with van der Waals surface area (Å²) in [6, 6.07) is 10.4. The fourth-order valence-electron chi connectivity index (χ4n) is 5.01. The van der Waals surface area contributed by atoms with Crippen LogP contribution in [0.1, 0.15) is 24.4 Å². The van der Waals surface area contributed by atoms with E-state index in [9.17, 15) is 13.9 Å². The van der Waals surface area contributed by atoms with Gasteiger partial charge in [-0.15, -0.1) is 5.10 Å². The summed E-state index contributed by atoms with van der Waals surface area (Å²) in [6.45, 7) is 5.80. The molecule has 206 valence electrons. The van der Waals surface area contributed by atoms with Crippen molar-refractivity contribution >= 4 is 5.69 Å². The Bertz CT molecular complexity index is 1360. The summed E-state index contributed by atoms with van der Waals surface area (Å²) in [5, 5.41) is 28.1. The van der Waals surface area contributed by atoms with Gasteiger partial charge in [0.2, 0.25) is 0 Å². The predicted octanol–water partition coefficient (Wildman–Crippen LogP) is 2.07. The van der Waals surface area contributed by atoms with Gasteiger partial charge < -0.3 is 14.7 Å². The van der Waals surface area contributed by atoms with E-state index in [0.717, 1.165) is 56.3 Å². The van der Waals surface area contributed by atoms with Crippen LogP contribution >= 0.6 is 0 Å². The maximum Gasteiger partial charge on any atom is 0.153 e. The van der Waals surface area contributed by atoms with E-state index < -0.39 is 23.3 Å². The molecule has 0 amide bonds. The molecule has 0 bridgehead atoms. The number of halogens is 2. The molecule has 1 aliphatic rings. The molecule has 11 nitrogen and oxygen atoms in total. The van der Waals surface area contributed by atoms with Crippen molar-refractivity contribution in [2.24, 2.45) is 0 Å². The molecule has 0 unspecified atom stereocenters. The average Bonchev–Trinajstić information content (AvgIpc) is 3.64. The Morgan fingerprint density at radius 3 is 2.51 bits per heavy atom. The highest BCUT2D eigenvalue weighted by Gasteiger charge is 2.42. The topological polar surface area (TPSA) is 110 Å². The lowest BCUT2D eigenvalue weighted by molar-refractivity contribution is -0.0384. The Morgan fingerprint density at radius 1 is 1.08 bits per heavy atom. The van der Waals surface area contributed by atoms with Crippen molar-refractivity contribution in [3.63, 3.8) is 0 Å². The summed E-state index contributed by atoms with van der Waals surface area (Å²) in [7, 11) is 1.66. The highest BCUT2D eigenvalue weighted by atomic mass is 19.1. The SMILES string of the molecule is COc1ccc(N2CCN(CCc3nnnn3[C@@H](C)[C@](O)(Cn3cncn3)c3ccc(F)cc3F)CC2)cc1. The smallest absolute Gasteiger partial charge is 0.153 e. The van der Waals surface area contributed by atoms with Crippen LogP contribution in [0.5, 0.6) is 5.75 Å². The van der Waals surface area contributed by atoms with E-state index in [2.05, 4.69) is 47.5 Å². The van der Waals surface area contributed by atoms with Crippen molar-refractivity contribution in [3.8, 4) is 5.75 Å².